The number of aromatic nitrogens is 1. The minimum atomic E-state index is -3.88. The van der Waals surface area contributed by atoms with Crippen molar-refractivity contribution >= 4 is 21.6 Å². The highest BCUT2D eigenvalue weighted by atomic mass is 32.2. The first kappa shape index (κ1) is 22.0. The summed E-state index contributed by atoms with van der Waals surface area (Å²) >= 11 is 0. The van der Waals surface area contributed by atoms with Gasteiger partial charge >= 0.3 is 0 Å². The van der Waals surface area contributed by atoms with E-state index in [1.54, 1.807) is 23.1 Å². The molecule has 0 fully saturated rings. The van der Waals surface area contributed by atoms with Crippen LogP contribution in [0.5, 0.6) is 0 Å². The predicted molar refractivity (Wildman–Crippen MR) is 132 cm³/mol. The molecule has 3 aromatic carbocycles. The van der Waals surface area contributed by atoms with Gasteiger partial charge in [-0.05, 0) is 29.8 Å². The highest BCUT2D eigenvalue weighted by Gasteiger charge is 2.36. The van der Waals surface area contributed by atoms with Crippen molar-refractivity contribution < 1.29 is 13.2 Å². The molecule has 2 heterocycles. The standard InChI is InChI=1S/C27H23N3O3S/c31-27-25(29-34(32,33)22-14-8-3-9-15-22)18-24-26(30(27)19-20-10-4-1-5-11-20)17-16-23(28-24)21-12-6-2-7-13-21/h1-17,25,29H,18-19H2. The molecule has 0 saturated heterocycles. The maximum absolute atomic E-state index is 13.5. The van der Waals surface area contributed by atoms with Crippen LogP contribution in [-0.2, 0) is 27.8 Å². The van der Waals surface area contributed by atoms with Crippen molar-refractivity contribution in [3.63, 3.8) is 0 Å². The fourth-order valence-electron chi connectivity index (χ4n) is 4.12. The van der Waals surface area contributed by atoms with Gasteiger partial charge in [-0.3, -0.25) is 9.78 Å². The van der Waals surface area contributed by atoms with Crippen LogP contribution in [0, 0.1) is 0 Å². The van der Waals surface area contributed by atoms with Crippen LogP contribution >= 0.6 is 0 Å². The monoisotopic (exact) mass is 469 g/mol. The molecule has 0 bridgehead atoms. The Bertz CT molecular complexity index is 1410. The number of carbonyl (C=O) groups excluding carboxylic acids is 1. The Hall–Kier alpha value is -3.81. The van der Waals surface area contributed by atoms with E-state index in [0.29, 0.717) is 17.9 Å². The number of sulfonamides is 1. The third kappa shape index (κ3) is 4.48. The Morgan fingerprint density at radius 2 is 1.44 bits per heavy atom. The quantitative estimate of drug-likeness (QED) is 0.459. The molecule has 7 heteroatoms. The van der Waals surface area contributed by atoms with Crippen LogP contribution in [0.1, 0.15) is 11.3 Å². The van der Waals surface area contributed by atoms with E-state index in [2.05, 4.69) is 4.72 Å². The number of nitrogens with one attached hydrogen (secondary N) is 1. The van der Waals surface area contributed by atoms with E-state index in [0.717, 1.165) is 16.8 Å². The Balaban J connectivity index is 1.53. The van der Waals surface area contributed by atoms with Crippen molar-refractivity contribution in [1.29, 1.82) is 0 Å². The molecule has 0 radical (unpaired) electrons. The summed E-state index contributed by atoms with van der Waals surface area (Å²) in [6.45, 7) is 0.322. The zero-order valence-electron chi connectivity index (χ0n) is 18.3. The normalized spacial score (nSPS) is 15.7. The zero-order valence-corrected chi connectivity index (χ0v) is 19.2. The molecule has 0 saturated carbocycles. The Morgan fingerprint density at radius 3 is 2.12 bits per heavy atom. The van der Waals surface area contributed by atoms with Crippen molar-refractivity contribution in [3.8, 4) is 11.3 Å². The summed E-state index contributed by atoms with van der Waals surface area (Å²) in [4.78, 5) is 20.1. The van der Waals surface area contributed by atoms with Crippen LogP contribution in [0.3, 0.4) is 0 Å². The van der Waals surface area contributed by atoms with Gasteiger partial charge in [-0.2, -0.15) is 4.72 Å². The van der Waals surface area contributed by atoms with E-state index in [4.69, 9.17) is 4.98 Å². The maximum Gasteiger partial charge on any atom is 0.245 e. The largest absolute Gasteiger partial charge is 0.305 e. The lowest BCUT2D eigenvalue weighted by Crippen LogP contribution is -2.52. The van der Waals surface area contributed by atoms with Crippen LogP contribution in [0.25, 0.3) is 11.3 Å². The smallest absolute Gasteiger partial charge is 0.245 e. The molecule has 1 unspecified atom stereocenters. The number of hydrogen-bond donors (Lipinski definition) is 1. The van der Waals surface area contributed by atoms with Crippen LogP contribution in [0.15, 0.2) is 108 Å². The van der Waals surface area contributed by atoms with E-state index >= 15 is 0 Å². The first-order chi connectivity index (χ1) is 16.5. The molecule has 1 aromatic heterocycles. The topological polar surface area (TPSA) is 79.4 Å². The van der Waals surface area contributed by atoms with Crippen LogP contribution in [0.2, 0.25) is 0 Å². The highest BCUT2D eigenvalue weighted by Crippen LogP contribution is 2.31. The van der Waals surface area contributed by atoms with E-state index in [-0.39, 0.29) is 17.2 Å². The summed E-state index contributed by atoms with van der Waals surface area (Å²) in [5.74, 6) is -0.301. The molecular weight excluding hydrogens is 446 g/mol. The number of hydrogen-bond acceptors (Lipinski definition) is 4. The number of carbonyl (C=O) groups is 1. The summed E-state index contributed by atoms with van der Waals surface area (Å²) in [6, 6.07) is 30.3. The van der Waals surface area contributed by atoms with Gasteiger partial charge in [0.2, 0.25) is 15.9 Å². The lowest BCUT2D eigenvalue weighted by molar-refractivity contribution is -0.120. The SMILES string of the molecule is O=C1C(NS(=O)(=O)c2ccccc2)Cc2nc(-c3ccccc3)ccc2N1Cc1ccccc1. The number of fused-ring (bicyclic) bond motifs is 1. The molecule has 1 amide bonds. The van der Waals surface area contributed by atoms with Gasteiger partial charge in [-0.1, -0.05) is 78.9 Å². The molecule has 0 spiro atoms. The van der Waals surface area contributed by atoms with Crippen molar-refractivity contribution in [2.24, 2.45) is 0 Å². The van der Waals surface area contributed by atoms with Gasteiger partial charge in [0.15, 0.2) is 0 Å². The van der Waals surface area contributed by atoms with E-state index in [9.17, 15) is 13.2 Å². The molecule has 1 atom stereocenters. The number of pyridine rings is 1. The lowest BCUT2D eigenvalue weighted by atomic mass is 10.00. The Morgan fingerprint density at radius 1 is 0.824 bits per heavy atom. The fourth-order valence-corrected chi connectivity index (χ4v) is 5.33. The van der Waals surface area contributed by atoms with Crippen molar-refractivity contribution in [2.75, 3.05) is 4.90 Å². The molecule has 0 aliphatic carbocycles. The average Bonchev–Trinajstić information content (AvgIpc) is 2.88. The maximum atomic E-state index is 13.5. The van der Waals surface area contributed by atoms with Crippen LogP contribution < -0.4 is 9.62 Å². The molecule has 170 valence electrons. The van der Waals surface area contributed by atoms with Crippen molar-refractivity contribution in [1.82, 2.24) is 9.71 Å². The van der Waals surface area contributed by atoms with Gasteiger partial charge in [0.05, 0.1) is 28.5 Å². The second-order valence-corrected chi connectivity index (χ2v) is 9.84. The molecule has 5 rings (SSSR count). The van der Waals surface area contributed by atoms with Gasteiger partial charge in [-0.15, -0.1) is 0 Å². The predicted octanol–water partition coefficient (Wildman–Crippen LogP) is 4.19. The second kappa shape index (κ2) is 9.21. The van der Waals surface area contributed by atoms with E-state index in [1.807, 2.05) is 72.8 Å². The molecular formula is C27H23N3O3S. The molecule has 1 aliphatic rings. The number of amides is 1. The number of nitrogens with zero attached hydrogens (tertiary/aromatic N) is 2. The second-order valence-electron chi connectivity index (χ2n) is 8.13. The minimum Gasteiger partial charge on any atom is -0.305 e. The summed E-state index contributed by atoms with van der Waals surface area (Å²) < 4.78 is 28.6. The molecule has 6 nitrogen and oxygen atoms in total. The van der Waals surface area contributed by atoms with Crippen LogP contribution in [-0.4, -0.2) is 25.4 Å². The van der Waals surface area contributed by atoms with Crippen LogP contribution in [0.4, 0.5) is 5.69 Å². The Labute approximate surface area is 199 Å². The first-order valence-corrected chi connectivity index (χ1v) is 12.5. The van der Waals surface area contributed by atoms with Crippen molar-refractivity contribution in [3.05, 3.63) is 114 Å². The van der Waals surface area contributed by atoms with E-state index in [1.165, 1.54) is 12.1 Å². The summed E-state index contributed by atoms with van der Waals surface area (Å²) in [7, 11) is -3.88. The first-order valence-electron chi connectivity index (χ1n) is 11.0. The highest BCUT2D eigenvalue weighted by molar-refractivity contribution is 7.89. The van der Waals surface area contributed by atoms with Gasteiger partial charge < -0.3 is 4.90 Å². The lowest BCUT2D eigenvalue weighted by Gasteiger charge is -2.34. The number of rotatable bonds is 6. The molecule has 1 aliphatic heterocycles. The number of benzene rings is 3. The van der Waals surface area contributed by atoms with Gasteiger partial charge in [0.1, 0.15) is 6.04 Å². The van der Waals surface area contributed by atoms with Gasteiger partial charge in [0, 0.05) is 12.0 Å². The average molecular weight is 470 g/mol. The molecule has 4 aromatic rings. The van der Waals surface area contributed by atoms with E-state index < -0.39 is 16.1 Å². The molecule has 1 N–H and O–H groups in total. The fraction of sp³-hybridized carbons (Fsp3) is 0.111. The van der Waals surface area contributed by atoms with Gasteiger partial charge in [0.25, 0.3) is 0 Å². The minimum absolute atomic E-state index is 0.120. The summed E-state index contributed by atoms with van der Waals surface area (Å²) in [6.07, 6.45) is 0.173. The summed E-state index contributed by atoms with van der Waals surface area (Å²) in [5, 5.41) is 0. The zero-order chi connectivity index (χ0) is 23.5. The summed E-state index contributed by atoms with van der Waals surface area (Å²) in [5.41, 5.74) is 4.05. The molecule has 34 heavy (non-hydrogen) atoms. The third-order valence-corrected chi connectivity index (χ3v) is 7.29. The van der Waals surface area contributed by atoms with Gasteiger partial charge in [-0.25, -0.2) is 8.42 Å². The van der Waals surface area contributed by atoms with Crippen molar-refractivity contribution in [2.45, 2.75) is 23.9 Å². The third-order valence-electron chi connectivity index (χ3n) is 5.81. The number of anilines is 1. The Kier molecular flexibility index (Phi) is 5.96.